The van der Waals surface area contributed by atoms with Gasteiger partial charge in [0.1, 0.15) is 18.4 Å². The number of carbonyl (C=O) groups is 2. The first-order valence-electron chi connectivity index (χ1n) is 14.2. The van der Waals surface area contributed by atoms with E-state index in [1.54, 1.807) is 12.1 Å². The summed E-state index contributed by atoms with van der Waals surface area (Å²) in [5, 5.41) is 3.11. The Kier molecular flexibility index (Phi) is 10.2. The predicted octanol–water partition coefficient (Wildman–Crippen LogP) is 5.24. The summed E-state index contributed by atoms with van der Waals surface area (Å²) in [5.41, 5.74) is 2.05. The van der Waals surface area contributed by atoms with E-state index in [1.165, 1.54) is 29.2 Å². The highest BCUT2D eigenvalue weighted by Gasteiger charge is 2.34. The highest BCUT2D eigenvalue weighted by molar-refractivity contribution is 7.92. The van der Waals surface area contributed by atoms with Crippen molar-refractivity contribution >= 4 is 27.5 Å². The van der Waals surface area contributed by atoms with E-state index in [2.05, 4.69) is 5.32 Å². The van der Waals surface area contributed by atoms with Crippen LogP contribution in [0.2, 0.25) is 0 Å². The third kappa shape index (κ3) is 7.73. The number of nitrogens with zero attached hydrogens (tertiary/aromatic N) is 2. The summed E-state index contributed by atoms with van der Waals surface area (Å²) in [6, 6.07) is 20.3. The topological polar surface area (TPSA) is 86.8 Å². The Bertz CT molecular complexity index is 1410. The van der Waals surface area contributed by atoms with Crippen molar-refractivity contribution in [3.63, 3.8) is 0 Å². The molecule has 1 aliphatic rings. The summed E-state index contributed by atoms with van der Waals surface area (Å²) < 4.78 is 42.5. The summed E-state index contributed by atoms with van der Waals surface area (Å²) >= 11 is 0. The van der Waals surface area contributed by atoms with Gasteiger partial charge in [0.05, 0.1) is 10.6 Å². The van der Waals surface area contributed by atoms with Gasteiger partial charge in [-0.25, -0.2) is 12.8 Å². The van der Waals surface area contributed by atoms with Crippen LogP contribution in [0.5, 0.6) is 0 Å². The molecule has 0 aromatic heterocycles. The zero-order chi connectivity index (χ0) is 29.4. The molecule has 0 radical (unpaired) electrons. The van der Waals surface area contributed by atoms with Gasteiger partial charge >= 0.3 is 0 Å². The number of benzene rings is 3. The van der Waals surface area contributed by atoms with Crippen molar-refractivity contribution in [2.24, 2.45) is 0 Å². The predicted molar refractivity (Wildman–Crippen MR) is 158 cm³/mol. The van der Waals surface area contributed by atoms with Crippen molar-refractivity contribution in [3.05, 3.63) is 95.8 Å². The number of sulfonamides is 1. The van der Waals surface area contributed by atoms with Crippen molar-refractivity contribution in [2.75, 3.05) is 17.4 Å². The minimum Gasteiger partial charge on any atom is -0.352 e. The number of rotatable bonds is 12. The molecule has 0 spiro atoms. The van der Waals surface area contributed by atoms with Gasteiger partial charge in [-0.15, -0.1) is 0 Å². The van der Waals surface area contributed by atoms with Gasteiger partial charge in [0.2, 0.25) is 11.8 Å². The molecule has 41 heavy (non-hydrogen) atoms. The minimum atomic E-state index is -4.19. The fourth-order valence-corrected chi connectivity index (χ4v) is 6.65. The van der Waals surface area contributed by atoms with Gasteiger partial charge in [-0.1, -0.05) is 67.8 Å². The van der Waals surface area contributed by atoms with Gasteiger partial charge in [-0.3, -0.25) is 13.9 Å². The van der Waals surface area contributed by atoms with Crippen molar-refractivity contribution < 1.29 is 22.4 Å². The normalized spacial score (nSPS) is 14.4. The van der Waals surface area contributed by atoms with Crippen molar-refractivity contribution in [1.82, 2.24) is 10.2 Å². The van der Waals surface area contributed by atoms with Crippen LogP contribution in [-0.4, -0.2) is 50.3 Å². The zero-order valence-corrected chi connectivity index (χ0v) is 24.4. The summed E-state index contributed by atoms with van der Waals surface area (Å²) in [6.07, 6.45) is 4.81. The quantitative estimate of drug-likeness (QED) is 0.318. The second kappa shape index (κ2) is 13.8. The maximum Gasteiger partial charge on any atom is 0.264 e. The van der Waals surface area contributed by atoms with Crippen LogP contribution in [0.3, 0.4) is 0 Å². The smallest absolute Gasteiger partial charge is 0.264 e. The largest absolute Gasteiger partial charge is 0.352 e. The molecule has 0 saturated heterocycles. The maximum absolute atomic E-state index is 14.1. The molecule has 9 heteroatoms. The Morgan fingerprint density at radius 3 is 2.20 bits per heavy atom. The number of aryl methyl sites for hydroxylation is 1. The van der Waals surface area contributed by atoms with E-state index in [1.807, 2.05) is 44.2 Å². The van der Waals surface area contributed by atoms with Gasteiger partial charge in [0.15, 0.2) is 0 Å². The molecule has 1 atom stereocenters. The molecule has 218 valence electrons. The Morgan fingerprint density at radius 2 is 1.59 bits per heavy atom. The summed E-state index contributed by atoms with van der Waals surface area (Å²) in [5.74, 6) is -1.25. The number of carbonyl (C=O) groups excluding carboxylic acids is 2. The first-order valence-corrected chi connectivity index (χ1v) is 15.6. The van der Waals surface area contributed by atoms with E-state index >= 15 is 0 Å². The molecular formula is C32H38FN3O4S. The lowest BCUT2D eigenvalue weighted by Crippen LogP contribution is -2.54. The molecule has 1 N–H and O–H groups in total. The Morgan fingerprint density at radius 1 is 0.951 bits per heavy atom. The van der Waals surface area contributed by atoms with Gasteiger partial charge in [-0.05, 0) is 74.6 Å². The average Bonchev–Trinajstić information content (AvgIpc) is 3.48. The first-order chi connectivity index (χ1) is 19.7. The molecule has 1 fully saturated rings. The van der Waals surface area contributed by atoms with Crippen LogP contribution >= 0.6 is 0 Å². The van der Waals surface area contributed by atoms with Crippen LogP contribution in [0.15, 0.2) is 83.8 Å². The molecule has 2 amide bonds. The molecule has 4 rings (SSSR count). The van der Waals surface area contributed by atoms with Crippen molar-refractivity contribution in [2.45, 2.75) is 69.4 Å². The third-order valence-electron chi connectivity index (χ3n) is 7.57. The number of anilines is 1. The van der Waals surface area contributed by atoms with E-state index in [9.17, 15) is 22.4 Å². The number of hydrogen-bond donors (Lipinski definition) is 1. The molecular weight excluding hydrogens is 541 g/mol. The second-order valence-electron chi connectivity index (χ2n) is 10.5. The number of nitrogens with one attached hydrogen (secondary N) is 1. The lowest BCUT2D eigenvalue weighted by atomic mass is 10.1. The average molecular weight is 580 g/mol. The fraction of sp³-hybridized carbons (Fsp3) is 0.375. The SMILES string of the molecule is CC[C@H](C(=O)NC1CCCC1)N(CCc1ccccc1)C(=O)CN(c1ccc(F)cc1)S(=O)(=O)c1ccc(C)cc1. The molecule has 0 unspecified atom stereocenters. The minimum absolute atomic E-state index is 0.0158. The maximum atomic E-state index is 14.1. The number of halogens is 1. The van der Waals surface area contributed by atoms with Gasteiger partial charge in [0.25, 0.3) is 10.0 Å². The van der Waals surface area contributed by atoms with Gasteiger partial charge in [0, 0.05) is 12.6 Å². The third-order valence-corrected chi connectivity index (χ3v) is 9.36. The highest BCUT2D eigenvalue weighted by Crippen LogP contribution is 2.25. The summed E-state index contributed by atoms with van der Waals surface area (Å²) in [6.45, 7) is 3.40. The van der Waals surface area contributed by atoms with Crippen molar-refractivity contribution in [3.8, 4) is 0 Å². The van der Waals surface area contributed by atoms with Crippen LogP contribution in [0.1, 0.15) is 50.2 Å². The molecule has 0 heterocycles. The molecule has 3 aromatic carbocycles. The lowest BCUT2D eigenvalue weighted by Gasteiger charge is -2.33. The van der Waals surface area contributed by atoms with Crippen LogP contribution in [0.4, 0.5) is 10.1 Å². The molecule has 7 nitrogen and oxygen atoms in total. The van der Waals surface area contributed by atoms with E-state index in [0.717, 1.165) is 53.2 Å². The molecule has 3 aromatic rings. The molecule has 0 aliphatic heterocycles. The number of hydrogen-bond acceptors (Lipinski definition) is 4. The summed E-state index contributed by atoms with van der Waals surface area (Å²) in [4.78, 5) is 29.0. The first kappa shape index (κ1) is 30.2. The Labute approximate surface area is 242 Å². The molecule has 1 aliphatic carbocycles. The van der Waals surface area contributed by atoms with E-state index in [4.69, 9.17) is 0 Å². The van der Waals surface area contributed by atoms with Crippen LogP contribution in [0.25, 0.3) is 0 Å². The standard InChI is InChI=1S/C32H38FN3O4S/c1-3-30(32(38)34-27-11-7-8-12-27)35(22-21-25-9-5-4-6-10-25)31(37)23-36(28-17-15-26(33)16-18-28)41(39,40)29-19-13-24(2)14-20-29/h4-6,9-10,13-20,27,30H,3,7-8,11-12,21-23H2,1-2H3,(H,34,38)/t30-/m1/s1. The molecule has 1 saturated carbocycles. The van der Waals surface area contributed by atoms with E-state index < -0.39 is 34.3 Å². The fourth-order valence-electron chi connectivity index (χ4n) is 5.24. The Hall–Kier alpha value is -3.72. The highest BCUT2D eigenvalue weighted by atomic mass is 32.2. The summed E-state index contributed by atoms with van der Waals surface area (Å²) in [7, 11) is -4.19. The number of amides is 2. The van der Waals surface area contributed by atoms with Crippen molar-refractivity contribution in [1.29, 1.82) is 0 Å². The van der Waals surface area contributed by atoms with Gasteiger partial charge in [-0.2, -0.15) is 0 Å². The monoisotopic (exact) mass is 579 g/mol. The van der Waals surface area contributed by atoms with E-state index in [0.29, 0.717) is 12.8 Å². The Balaban J connectivity index is 1.66. The zero-order valence-electron chi connectivity index (χ0n) is 23.6. The lowest BCUT2D eigenvalue weighted by molar-refractivity contribution is -0.139. The van der Waals surface area contributed by atoms with E-state index in [-0.39, 0.29) is 29.1 Å². The second-order valence-corrected chi connectivity index (χ2v) is 12.4. The van der Waals surface area contributed by atoms with Crippen LogP contribution in [0, 0.1) is 12.7 Å². The van der Waals surface area contributed by atoms with Crippen LogP contribution in [-0.2, 0) is 26.0 Å². The molecule has 0 bridgehead atoms. The van der Waals surface area contributed by atoms with Gasteiger partial charge < -0.3 is 10.2 Å². The van der Waals surface area contributed by atoms with Crippen LogP contribution < -0.4 is 9.62 Å².